The Morgan fingerprint density at radius 2 is 2.14 bits per heavy atom. The molecule has 106 valence electrons. The predicted octanol–water partition coefficient (Wildman–Crippen LogP) is 3.79. The maximum absolute atomic E-state index is 12.5. The number of hydrogen-bond donors (Lipinski definition) is 2. The van der Waals surface area contributed by atoms with E-state index < -0.39 is 0 Å². The molecule has 0 fully saturated rings. The molecule has 1 aromatic heterocycles. The van der Waals surface area contributed by atoms with Crippen LogP contribution in [0.15, 0.2) is 41.4 Å². The number of nitrogens with zero attached hydrogens (tertiary/aromatic N) is 1. The van der Waals surface area contributed by atoms with Crippen LogP contribution in [0.4, 0.5) is 10.7 Å². The predicted molar refractivity (Wildman–Crippen MR) is 89.7 cm³/mol. The van der Waals surface area contributed by atoms with Gasteiger partial charge in [-0.2, -0.15) is 5.26 Å². The van der Waals surface area contributed by atoms with Crippen molar-refractivity contribution in [2.24, 2.45) is 0 Å². The first-order valence-corrected chi connectivity index (χ1v) is 7.66. The van der Waals surface area contributed by atoms with Gasteiger partial charge in [0.1, 0.15) is 9.88 Å². The number of hydrogen-bond acceptors (Lipinski definition) is 5. The summed E-state index contributed by atoms with van der Waals surface area (Å²) in [6, 6.07) is 8.51. The smallest absolute Gasteiger partial charge is 0.205 e. The number of benzene rings is 1. The number of nitrogen functional groups attached to an aromatic ring is 1. The van der Waals surface area contributed by atoms with E-state index in [4.69, 9.17) is 11.0 Å². The van der Waals surface area contributed by atoms with Crippen molar-refractivity contribution in [1.82, 2.24) is 0 Å². The maximum atomic E-state index is 12.5. The lowest BCUT2D eigenvalue weighted by atomic mass is 10.1. The minimum absolute atomic E-state index is 0.158. The number of halogens is 1. The molecule has 0 radical (unpaired) electrons. The van der Waals surface area contributed by atoms with Crippen molar-refractivity contribution in [3.8, 4) is 6.07 Å². The van der Waals surface area contributed by atoms with E-state index in [9.17, 15) is 4.79 Å². The standard InChI is InChI=1S/C15H12BrN3OS/c1-2-7-19-15-11(16)12(18)14(21-15)13(20)10-5-3-9(8-17)4-6-10/h2-6,19H,1,7,18H2. The Labute approximate surface area is 135 Å². The van der Waals surface area contributed by atoms with Crippen molar-refractivity contribution in [1.29, 1.82) is 5.26 Å². The van der Waals surface area contributed by atoms with E-state index in [1.807, 2.05) is 6.07 Å². The first kappa shape index (κ1) is 15.3. The molecule has 0 saturated heterocycles. The number of nitrogens with one attached hydrogen (secondary N) is 1. The first-order chi connectivity index (χ1) is 10.1. The van der Waals surface area contributed by atoms with Crippen molar-refractivity contribution in [3.05, 3.63) is 57.4 Å². The summed E-state index contributed by atoms with van der Waals surface area (Å²) in [5.41, 5.74) is 7.43. The highest BCUT2D eigenvalue weighted by atomic mass is 79.9. The van der Waals surface area contributed by atoms with Crippen LogP contribution in [0.1, 0.15) is 20.8 Å². The normalized spacial score (nSPS) is 9.90. The maximum Gasteiger partial charge on any atom is 0.205 e. The second kappa shape index (κ2) is 6.57. The van der Waals surface area contributed by atoms with Crippen LogP contribution in [0.5, 0.6) is 0 Å². The van der Waals surface area contributed by atoms with Crippen LogP contribution in [0, 0.1) is 11.3 Å². The van der Waals surface area contributed by atoms with Crippen LogP contribution in [-0.2, 0) is 0 Å². The third kappa shape index (κ3) is 3.15. The van der Waals surface area contributed by atoms with Crippen molar-refractivity contribution < 1.29 is 4.79 Å². The number of nitriles is 1. The van der Waals surface area contributed by atoms with Gasteiger partial charge < -0.3 is 11.1 Å². The summed E-state index contributed by atoms with van der Waals surface area (Å²) in [5, 5.41) is 12.7. The average Bonchev–Trinajstić information content (AvgIpc) is 2.80. The third-order valence-corrected chi connectivity index (χ3v) is 5.02. The van der Waals surface area contributed by atoms with E-state index in [2.05, 4.69) is 27.8 Å². The summed E-state index contributed by atoms with van der Waals surface area (Å²) < 4.78 is 0.686. The number of thiophene rings is 1. The van der Waals surface area contributed by atoms with Crippen LogP contribution in [0.2, 0.25) is 0 Å². The van der Waals surface area contributed by atoms with Gasteiger partial charge in [-0.15, -0.1) is 17.9 Å². The molecular formula is C15H12BrN3OS. The second-order valence-electron chi connectivity index (χ2n) is 4.18. The molecule has 21 heavy (non-hydrogen) atoms. The fourth-order valence-electron chi connectivity index (χ4n) is 1.70. The molecule has 0 atom stereocenters. The Kier molecular flexibility index (Phi) is 4.78. The van der Waals surface area contributed by atoms with Crippen LogP contribution < -0.4 is 11.1 Å². The molecule has 2 aromatic rings. The zero-order valence-corrected chi connectivity index (χ0v) is 13.4. The van der Waals surface area contributed by atoms with E-state index in [0.717, 1.165) is 5.00 Å². The molecule has 0 unspecified atom stereocenters. The lowest BCUT2D eigenvalue weighted by molar-refractivity contribution is 0.104. The molecule has 0 aliphatic carbocycles. The van der Waals surface area contributed by atoms with Gasteiger partial charge in [0.15, 0.2) is 0 Å². The zero-order chi connectivity index (χ0) is 15.4. The number of anilines is 2. The number of rotatable bonds is 5. The monoisotopic (exact) mass is 361 g/mol. The van der Waals surface area contributed by atoms with Crippen LogP contribution in [0.3, 0.4) is 0 Å². The Bertz CT molecular complexity index is 729. The summed E-state index contributed by atoms with van der Waals surface area (Å²) in [5.74, 6) is -0.158. The topological polar surface area (TPSA) is 78.9 Å². The van der Waals surface area contributed by atoms with E-state index in [1.165, 1.54) is 11.3 Å². The highest BCUT2D eigenvalue weighted by Crippen LogP contribution is 2.40. The van der Waals surface area contributed by atoms with Crippen molar-refractivity contribution >= 4 is 43.7 Å². The molecule has 2 rings (SSSR count). The SMILES string of the molecule is C=CCNc1sc(C(=O)c2ccc(C#N)cc2)c(N)c1Br. The highest BCUT2D eigenvalue weighted by Gasteiger charge is 2.20. The second-order valence-corrected chi connectivity index (χ2v) is 5.99. The minimum atomic E-state index is -0.158. The molecule has 3 N–H and O–H groups in total. The van der Waals surface area contributed by atoms with Gasteiger partial charge in [0.2, 0.25) is 5.78 Å². The summed E-state index contributed by atoms with van der Waals surface area (Å²) in [6.07, 6.45) is 1.73. The lowest BCUT2D eigenvalue weighted by Gasteiger charge is -1.99. The fourth-order valence-corrected chi connectivity index (χ4v) is 3.39. The van der Waals surface area contributed by atoms with Gasteiger partial charge in [-0.05, 0) is 40.2 Å². The largest absolute Gasteiger partial charge is 0.396 e. The average molecular weight is 362 g/mol. The molecule has 0 spiro atoms. The van der Waals surface area contributed by atoms with Crippen LogP contribution in [0.25, 0.3) is 0 Å². The molecule has 0 aliphatic heterocycles. The summed E-state index contributed by atoms with van der Waals surface area (Å²) in [6.45, 7) is 4.22. The quantitative estimate of drug-likeness (QED) is 0.627. The Hall–Kier alpha value is -2.10. The highest BCUT2D eigenvalue weighted by molar-refractivity contribution is 9.10. The van der Waals surface area contributed by atoms with Gasteiger partial charge in [0.25, 0.3) is 0 Å². The number of ketones is 1. The molecule has 0 aliphatic rings. The Balaban J connectivity index is 2.34. The molecule has 0 bridgehead atoms. The molecule has 0 saturated carbocycles. The van der Waals surface area contributed by atoms with Crippen molar-refractivity contribution in [2.45, 2.75) is 0 Å². The molecule has 1 heterocycles. The number of nitrogens with two attached hydrogens (primary N) is 1. The Morgan fingerprint density at radius 1 is 1.48 bits per heavy atom. The van der Waals surface area contributed by atoms with Gasteiger partial charge in [-0.3, -0.25) is 4.79 Å². The van der Waals surface area contributed by atoms with Crippen molar-refractivity contribution in [2.75, 3.05) is 17.6 Å². The van der Waals surface area contributed by atoms with Gasteiger partial charge in [0.05, 0.1) is 21.8 Å². The van der Waals surface area contributed by atoms with E-state index in [1.54, 1.807) is 30.3 Å². The molecule has 6 heteroatoms. The van der Waals surface area contributed by atoms with Crippen molar-refractivity contribution in [3.63, 3.8) is 0 Å². The molecule has 1 aromatic carbocycles. The summed E-state index contributed by atoms with van der Waals surface area (Å²) in [4.78, 5) is 13.0. The van der Waals surface area contributed by atoms with Gasteiger partial charge >= 0.3 is 0 Å². The van der Waals surface area contributed by atoms with E-state index in [0.29, 0.717) is 32.7 Å². The Morgan fingerprint density at radius 3 is 2.71 bits per heavy atom. The molecule has 4 nitrogen and oxygen atoms in total. The van der Waals surface area contributed by atoms with Gasteiger partial charge in [-0.1, -0.05) is 6.08 Å². The van der Waals surface area contributed by atoms with Gasteiger partial charge in [-0.25, -0.2) is 0 Å². The third-order valence-electron chi connectivity index (χ3n) is 2.77. The van der Waals surface area contributed by atoms with E-state index in [-0.39, 0.29) is 5.78 Å². The zero-order valence-electron chi connectivity index (χ0n) is 11.0. The number of carbonyl (C=O) groups excluding carboxylic acids is 1. The fraction of sp³-hybridized carbons (Fsp3) is 0.0667. The van der Waals surface area contributed by atoms with Crippen LogP contribution in [-0.4, -0.2) is 12.3 Å². The minimum Gasteiger partial charge on any atom is -0.396 e. The summed E-state index contributed by atoms with van der Waals surface area (Å²) >= 11 is 4.68. The molecular weight excluding hydrogens is 350 g/mol. The van der Waals surface area contributed by atoms with E-state index >= 15 is 0 Å². The molecule has 0 amide bonds. The first-order valence-electron chi connectivity index (χ1n) is 6.06. The van der Waals surface area contributed by atoms with Gasteiger partial charge in [0, 0.05) is 12.1 Å². The summed E-state index contributed by atoms with van der Waals surface area (Å²) in [7, 11) is 0. The van der Waals surface area contributed by atoms with Crippen LogP contribution >= 0.6 is 27.3 Å². The lowest BCUT2D eigenvalue weighted by Crippen LogP contribution is -2.02. The number of carbonyl (C=O) groups is 1.